The van der Waals surface area contributed by atoms with Crippen molar-refractivity contribution in [3.63, 3.8) is 0 Å². The van der Waals surface area contributed by atoms with E-state index < -0.39 is 5.91 Å². The van der Waals surface area contributed by atoms with Crippen LogP contribution in [-0.4, -0.2) is 12.3 Å². The summed E-state index contributed by atoms with van der Waals surface area (Å²) in [4.78, 5) is 10.2. The molecule has 0 aromatic heterocycles. The molecule has 0 aliphatic rings. The van der Waals surface area contributed by atoms with E-state index in [9.17, 15) is 4.79 Å². The summed E-state index contributed by atoms with van der Waals surface area (Å²) in [6.07, 6.45) is 4.91. The molecule has 0 aromatic rings. The maximum atomic E-state index is 10.2. The summed E-state index contributed by atoms with van der Waals surface area (Å²) in [5, 5.41) is 0. The Morgan fingerprint density at radius 2 is 1.91 bits per heavy atom. The Labute approximate surface area is 72.4 Å². The normalized spacial score (nSPS) is 9.91. The van der Waals surface area contributed by atoms with Gasteiger partial charge in [0.25, 0.3) is 5.91 Å². The van der Waals surface area contributed by atoms with Gasteiger partial charge in [0.15, 0.2) is 0 Å². The van der Waals surface area contributed by atoms with Gasteiger partial charge in [-0.25, -0.2) is 0 Å². The molecule has 0 rings (SSSR count). The number of rotatable bonds is 3. The lowest BCUT2D eigenvalue weighted by Gasteiger charge is -1.91. The number of alkyl halides is 1. The zero-order valence-corrected chi connectivity index (χ0v) is 7.69. The molecule has 0 aliphatic carbocycles. The second-order valence-corrected chi connectivity index (χ2v) is 1.81. The van der Waals surface area contributed by atoms with Gasteiger partial charge in [0, 0.05) is 6.38 Å². The van der Waals surface area contributed by atoms with Crippen LogP contribution in [0.3, 0.4) is 0 Å². The van der Waals surface area contributed by atoms with Crippen LogP contribution in [0, 0.1) is 0 Å². The Morgan fingerprint density at radius 1 is 1.45 bits per heavy atom. The highest BCUT2D eigenvalue weighted by atomic mass is 35.5. The van der Waals surface area contributed by atoms with E-state index in [0.717, 1.165) is 12.8 Å². The van der Waals surface area contributed by atoms with Crippen LogP contribution >= 0.6 is 11.6 Å². The van der Waals surface area contributed by atoms with Crippen LogP contribution in [0.2, 0.25) is 0 Å². The number of carbonyl (C=O) groups excluding carboxylic acids is 1. The van der Waals surface area contributed by atoms with Crippen molar-refractivity contribution in [2.75, 3.05) is 6.38 Å². The van der Waals surface area contributed by atoms with Crippen LogP contribution in [-0.2, 0) is 4.79 Å². The molecular weight excluding hydrogens is 164 g/mol. The Morgan fingerprint density at radius 3 is 2.18 bits per heavy atom. The Kier molecular flexibility index (Phi) is 10.9. The lowest BCUT2D eigenvalue weighted by molar-refractivity contribution is -0.114. The third-order valence-electron chi connectivity index (χ3n) is 0.937. The van der Waals surface area contributed by atoms with Crippen molar-refractivity contribution in [3.05, 3.63) is 11.8 Å². The van der Waals surface area contributed by atoms with Crippen molar-refractivity contribution in [1.82, 2.24) is 0 Å². The Hall–Kier alpha value is -0.700. The Balaban J connectivity index is 0. The molecule has 0 spiro atoms. The first-order valence-corrected chi connectivity index (χ1v) is 4.07. The summed E-state index contributed by atoms with van der Waals surface area (Å²) >= 11 is 4.64. The molecule has 0 bridgehead atoms. The molecular formula is C7H15ClN2O. The van der Waals surface area contributed by atoms with Crippen molar-refractivity contribution in [2.45, 2.75) is 19.8 Å². The summed E-state index contributed by atoms with van der Waals surface area (Å²) in [5.74, 6) is -0.538. The molecule has 0 aliphatic heterocycles. The topological polar surface area (TPSA) is 69.1 Å². The van der Waals surface area contributed by atoms with Gasteiger partial charge in [-0.2, -0.15) is 0 Å². The monoisotopic (exact) mass is 178 g/mol. The first kappa shape index (κ1) is 12.9. The minimum atomic E-state index is -0.538. The lowest BCUT2D eigenvalue weighted by Crippen LogP contribution is -2.19. The molecule has 0 heterocycles. The molecule has 1 amide bonds. The van der Waals surface area contributed by atoms with Crippen LogP contribution in [0.4, 0.5) is 0 Å². The summed E-state index contributed by atoms with van der Waals surface area (Å²) in [5.41, 5.74) is 10.2. The predicted molar refractivity (Wildman–Crippen MR) is 48.1 cm³/mol. The first-order chi connectivity index (χ1) is 5.18. The van der Waals surface area contributed by atoms with Gasteiger partial charge >= 0.3 is 0 Å². The smallest absolute Gasteiger partial charge is 0.264 e. The molecule has 0 unspecified atom stereocenters. The third kappa shape index (κ3) is 9.30. The molecule has 4 N–H and O–H groups in total. The van der Waals surface area contributed by atoms with E-state index in [4.69, 9.17) is 11.5 Å². The van der Waals surface area contributed by atoms with Gasteiger partial charge in [-0.1, -0.05) is 19.4 Å². The highest BCUT2D eigenvalue weighted by Gasteiger charge is 1.94. The van der Waals surface area contributed by atoms with Gasteiger partial charge in [-0.3, -0.25) is 4.79 Å². The van der Waals surface area contributed by atoms with Crippen molar-refractivity contribution in [3.8, 4) is 0 Å². The Bertz CT molecular complexity index is 134. The summed E-state index contributed by atoms with van der Waals surface area (Å²) < 4.78 is 0. The van der Waals surface area contributed by atoms with Gasteiger partial charge in [0.1, 0.15) is 0 Å². The average Bonchev–Trinajstić information content (AvgIpc) is 2.03. The fourth-order valence-corrected chi connectivity index (χ4v) is 0.400. The van der Waals surface area contributed by atoms with Crippen LogP contribution in [0.1, 0.15) is 19.8 Å². The van der Waals surface area contributed by atoms with Crippen molar-refractivity contribution < 1.29 is 4.79 Å². The molecule has 0 atom stereocenters. The SMILES string of the molecule is CCC/C=C(\N)C(N)=O.CCl. The number of primary amides is 1. The van der Waals surface area contributed by atoms with Gasteiger partial charge in [-0.15, -0.1) is 11.6 Å². The maximum Gasteiger partial charge on any atom is 0.264 e. The van der Waals surface area contributed by atoms with E-state index in [-0.39, 0.29) is 5.70 Å². The second kappa shape index (κ2) is 9.30. The number of halogens is 1. The van der Waals surface area contributed by atoms with Gasteiger partial charge in [0.05, 0.1) is 5.70 Å². The fraction of sp³-hybridized carbons (Fsp3) is 0.571. The summed E-state index contributed by atoms with van der Waals surface area (Å²) in [6, 6.07) is 0. The number of unbranched alkanes of at least 4 members (excludes halogenated alkanes) is 1. The van der Waals surface area contributed by atoms with Crippen LogP contribution < -0.4 is 11.5 Å². The van der Waals surface area contributed by atoms with E-state index in [1.807, 2.05) is 6.92 Å². The third-order valence-corrected chi connectivity index (χ3v) is 0.937. The number of hydrogen-bond acceptors (Lipinski definition) is 2. The van der Waals surface area contributed by atoms with Crippen LogP contribution in [0.15, 0.2) is 11.8 Å². The zero-order valence-electron chi connectivity index (χ0n) is 6.93. The lowest BCUT2D eigenvalue weighted by atomic mass is 10.3. The van der Waals surface area contributed by atoms with Gasteiger partial charge in [0.2, 0.25) is 0 Å². The summed E-state index contributed by atoms with van der Waals surface area (Å²) in [7, 11) is 0. The molecule has 0 aromatic carbocycles. The van der Waals surface area contributed by atoms with E-state index in [2.05, 4.69) is 11.6 Å². The highest BCUT2D eigenvalue weighted by Crippen LogP contribution is 1.90. The quantitative estimate of drug-likeness (QED) is 0.500. The van der Waals surface area contributed by atoms with E-state index in [1.54, 1.807) is 6.08 Å². The van der Waals surface area contributed by atoms with E-state index in [0.29, 0.717) is 0 Å². The minimum Gasteiger partial charge on any atom is -0.395 e. The van der Waals surface area contributed by atoms with Crippen LogP contribution in [0.25, 0.3) is 0 Å². The second-order valence-electron chi connectivity index (χ2n) is 1.81. The number of hydrogen-bond donors (Lipinski definition) is 2. The molecule has 0 fully saturated rings. The largest absolute Gasteiger partial charge is 0.395 e. The van der Waals surface area contributed by atoms with E-state index in [1.165, 1.54) is 6.38 Å². The van der Waals surface area contributed by atoms with Crippen LogP contribution in [0.5, 0.6) is 0 Å². The molecule has 11 heavy (non-hydrogen) atoms. The standard InChI is InChI=1S/C6H12N2O.CH3Cl/c1-2-3-4-5(7)6(8)9;1-2/h4H,2-3,7H2,1H3,(H2,8,9);1H3/b5-4-;. The van der Waals surface area contributed by atoms with Crippen molar-refractivity contribution >= 4 is 17.5 Å². The number of amides is 1. The highest BCUT2D eigenvalue weighted by molar-refractivity contribution is 6.15. The molecule has 0 saturated heterocycles. The molecule has 0 saturated carbocycles. The van der Waals surface area contributed by atoms with Crippen molar-refractivity contribution in [1.29, 1.82) is 0 Å². The van der Waals surface area contributed by atoms with Gasteiger partial charge < -0.3 is 11.5 Å². The number of carbonyl (C=O) groups is 1. The molecule has 3 nitrogen and oxygen atoms in total. The zero-order chi connectivity index (χ0) is 9.28. The average molecular weight is 179 g/mol. The van der Waals surface area contributed by atoms with E-state index >= 15 is 0 Å². The first-order valence-electron chi connectivity index (χ1n) is 3.31. The number of nitrogens with two attached hydrogens (primary N) is 2. The minimum absolute atomic E-state index is 0.164. The molecule has 66 valence electrons. The van der Waals surface area contributed by atoms with Crippen molar-refractivity contribution in [2.24, 2.45) is 11.5 Å². The number of allylic oxidation sites excluding steroid dienone is 1. The maximum absolute atomic E-state index is 10.2. The predicted octanol–water partition coefficient (Wildman–Crippen LogP) is 0.969. The van der Waals surface area contributed by atoms with Gasteiger partial charge in [-0.05, 0) is 6.42 Å². The molecule has 0 radical (unpaired) electrons. The fourth-order valence-electron chi connectivity index (χ4n) is 0.400. The summed E-state index contributed by atoms with van der Waals surface area (Å²) in [6.45, 7) is 2.00. The molecule has 4 heteroatoms.